The Balaban J connectivity index is 1.34. The zero-order chi connectivity index (χ0) is 33.1. The molecule has 0 aromatic heterocycles. The lowest BCUT2D eigenvalue weighted by Gasteiger charge is -2.23. The number of hydrogen-bond donors (Lipinski definition) is 5. The number of nitrogens with one attached hydrogen (secondary N) is 3. The lowest BCUT2D eigenvalue weighted by Crippen LogP contribution is -2.45. The molecule has 0 radical (unpaired) electrons. The Kier molecular flexibility index (Phi) is 16.1. The number of carbonyl (C=O) groups is 3. The van der Waals surface area contributed by atoms with E-state index >= 15 is 0 Å². The highest BCUT2D eigenvalue weighted by Gasteiger charge is 2.22. The lowest BCUT2D eigenvalue weighted by molar-refractivity contribution is -0.126. The molecule has 3 amide bonds. The summed E-state index contributed by atoms with van der Waals surface area (Å²) < 4.78 is 0. The second-order valence-electron chi connectivity index (χ2n) is 11.0. The number of phenols is 2. The van der Waals surface area contributed by atoms with Gasteiger partial charge in [0, 0.05) is 56.3 Å². The van der Waals surface area contributed by atoms with Crippen LogP contribution >= 0.6 is 23.2 Å². The van der Waals surface area contributed by atoms with E-state index in [0.717, 1.165) is 50.0 Å². The monoisotopic (exact) mass is 670 g/mol. The van der Waals surface area contributed by atoms with Crippen LogP contribution in [0.1, 0.15) is 49.7 Å². The molecule has 0 saturated heterocycles. The van der Waals surface area contributed by atoms with Gasteiger partial charge in [-0.05, 0) is 73.2 Å². The van der Waals surface area contributed by atoms with Crippen molar-refractivity contribution in [3.05, 3.63) is 83.9 Å². The number of halogens is 2. The minimum atomic E-state index is -0.879. The van der Waals surface area contributed by atoms with Crippen molar-refractivity contribution in [3.8, 4) is 11.5 Å². The number of para-hydroxylation sites is 2. The van der Waals surface area contributed by atoms with Crippen LogP contribution < -0.4 is 20.9 Å². The predicted molar refractivity (Wildman–Crippen MR) is 185 cm³/mol. The van der Waals surface area contributed by atoms with Gasteiger partial charge in [-0.15, -0.1) is 23.2 Å². The maximum Gasteiger partial charge on any atom is 0.247 e. The summed E-state index contributed by atoms with van der Waals surface area (Å²) in [4.78, 5) is 40.2. The zero-order valence-corrected chi connectivity index (χ0v) is 27.5. The molecular formula is C35H44Cl2N4O5. The first-order chi connectivity index (χ1) is 22.3. The summed E-state index contributed by atoms with van der Waals surface area (Å²) in [7, 11) is 0. The standard InChI is InChI=1S/C35H44Cl2N4O5/c36-20-23-41(24-21-37)28-16-12-26(13-17-28)7-6-11-33(44)38-22-5-1-2-10-34(45)39-31(25-27-14-18-29(42)19-15-27)35(46)40-30-8-3-4-9-32(30)43/h3-4,8-9,12-19,31,42-43H,1-2,5-7,10-11,20-25H2,(H,38,44)(H,39,45)(H,40,46)/t31-/m0/s1. The molecule has 248 valence electrons. The average Bonchev–Trinajstić information content (AvgIpc) is 3.04. The van der Waals surface area contributed by atoms with Crippen LogP contribution in [0.25, 0.3) is 0 Å². The fourth-order valence-electron chi connectivity index (χ4n) is 4.95. The number of unbranched alkanes of at least 4 members (excludes halogenated alkanes) is 2. The van der Waals surface area contributed by atoms with Crippen molar-refractivity contribution >= 4 is 52.3 Å². The molecule has 0 unspecified atom stereocenters. The topological polar surface area (TPSA) is 131 Å². The van der Waals surface area contributed by atoms with Gasteiger partial charge in [-0.3, -0.25) is 14.4 Å². The molecule has 0 spiro atoms. The van der Waals surface area contributed by atoms with Crippen molar-refractivity contribution in [2.45, 2.75) is 57.4 Å². The highest BCUT2D eigenvalue weighted by Crippen LogP contribution is 2.22. The Morgan fingerprint density at radius 2 is 1.39 bits per heavy atom. The summed E-state index contributed by atoms with van der Waals surface area (Å²) in [5.41, 5.74) is 3.27. The molecule has 3 aromatic carbocycles. The molecule has 9 nitrogen and oxygen atoms in total. The van der Waals surface area contributed by atoms with Crippen LogP contribution in [0, 0.1) is 0 Å². The molecule has 46 heavy (non-hydrogen) atoms. The third-order valence-corrected chi connectivity index (χ3v) is 7.81. The molecule has 0 fully saturated rings. The first-order valence-electron chi connectivity index (χ1n) is 15.7. The number of rotatable bonds is 20. The van der Waals surface area contributed by atoms with Gasteiger partial charge in [-0.25, -0.2) is 0 Å². The average molecular weight is 672 g/mol. The summed E-state index contributed by atoms with van der Waals surface area (Å²) in [6.45, 7) is 2.02. The number of benzene rings is 3. The van der Waals surface area contributed by atoms with E-state index in [-0.39, 0.29) is 41.8 Å². The van der Waals surface area contributed by atoms with Crippen molar-refractivity contribution < 1.29 is 24.6 Å². The van der Waals surface area contributed by atoms with E-state index in [1.807, 2.05) is 0 Å². The minimum Gasteiger partial charge on any atom is -0.508 e. The number of nitrogens with zero attached hydrogens (tertiary/aromatic N) is 1. The fraction of sp³-hybridized carbons (Fsp3) is 0.400. The van der Waals surface area contributed by atoms with Gasteiger partial charge in [0.1, 0.15) is 17.5 Å². The van der Waals surface area contributed by atoms with Gasteiger partial charge in [0.05, 0.1) is 5.69 Å². The SMILES string of the molecule is O=C(CCCc1ccc(N(CCCl)CCCl)cc1)NCCCCCC(=O)N[C@@H](Cc1ccc(O)cc1)C(=O)Nc1ccccc1O. The molecule has 0 bridgehead atoms. The predicted octanol–water partition coefficient (Wildman–Crippen LogP) is 5.75. The fourth-order valence-corrected chi connectivity index (χ4v) is 5.35. The number of anilines is 2. The Morgan fingerprint density at radius 1 is 0.739 bits per heavy atom. The highest BCUT2D eigenvalue weighted by atomic mass is 35.5. The van der Waals surface area contributed by atoms with Crippen molar-refractivity contribution in [2.24, 2.45) is 0 Å². The van der Waals surface area contributed by atoms with Crippen LogP contribution in [-0.2, 0) is 27.2 Å². The summed E-state index contributed by atoms with van der Waals surface area (Å²) >= 11 is 11.8. The van der Waals surface area contributed by atoms with Crippen LogP contribution in [0.15, 0.2) is 72.8 Å². The summed E-state index contributed by atoms with van der Waals surface area (Å²) in [6, 6.07) is 20.2. The summed E-state index contributed by atoms with van der Waals surface area (Å²) in [5.74, 6) is 0.396. The lowest BCUT2D eigenvalue weighted by atomic mass is 10.0. The number of aryl methyl sites for hydroxylation is 1. The largest absolute Gasteiger partial charge is 0.508 e. The number of carbonyl (C=O) groups excluding carboxylic acids is 3. The van der Waals surface area contributed by atoms with E-state index in [1.54, 1.807) is 30.3 Å². The van der Waals surface area contributed by atoms with Crippen molar-refractivity contribution in [2.75, 3.05) is 41.6 Å². The van der Waals surface area contributed by atoms with Gasteiger partial charge in [-0.1, -0.05) is 42.8 Å². The molecule has 1 atom stereocenters. The normalized spacial score (nSPS) is 11.4. The Morgan fingerprint density at radius 3 is 2.07 bits per heavy atom. The maximum atomic E-state index is 13.1. The maximum absolute atomic E-state index is 13.1. The van der Waals surface area contributed by atoms with Crippen LogP contribution in [-0.4, -0.2) is 65.4 Å². The van der Waals surface area contributed by atoms with E-state index in [2.05, 4.69) is 45.1 Å². The van der Waals surface area contributed by atoms with Crippen LogP contribution in [0.3, 0.4) is 0 Å². The Labute approximate surface area is 281 Å². The van der Waals surface area contributed by atoms with E-state index in [1.165, 1.54) is 23.8 Å². The summed E-state index contributed by atoms with van der Waals surface area (Å²) in [5, 5.41) is 28.1. The molecular weight excluding hydrogens is 627 g/mol. The molecule has 3 aromatic rings. The number of aromatic hydroxyl groups is 2. The molecule has 0 aliphatic rings. The highest BCUT2D eigenvalue weighted by molar-refractivity contribution is 6.18. The van der Waals surface area contributed by atoms with E-state index in [0.29, 0.717) is 31.1 Å². The van der Waals surface area contributed by atoms with E-state index in [9.17, 15) is 24.6 Å². The van der Waals surface area contributed by atoms with Gasteiger partial charge < -0.3 is 31.1 Å². The van der Waals surface area contributed by atoms with Gasteiger partial charge >= 0.3 is 0 Å². The number of amides is 3. The zero-order valence-electron chi connectivity index (χ0n) is 26.0. The van der Waals surface area contributed by atoms with Crippen molar-refractivity contribution in [1.29, 1.82) is 0 Å². The van der Waals surface area contributed by atoms with E-state index < -0.39 is 11.9 Å². The van der Waals surface area contributed by atoms with Crippen molar-refractivity contribution in [3.63, 3.8) is 0 Å². The second kappa shape index (κ2) is 20.2. The quantitative estimate of drug-likeness (QED) is 0.0591. The smallest absolute Gasteiger partial charge is 0.247 e. The van der Waals surface area contributed by atoms with Gasteiger partial charge in [-0.2, -0.15) is 0 Å². The third kappa shape index (κ3) is 13.2. The first-order valence-corrected chi connectivity index (χ1v) is 16.7. The number of alkyl halides is 2. The number of phenolic OH excluding ortho intramolecular Hbond substituents is 2. The molecule has 0 heterocycles. The van der Waals surface area contributed by atoms with Crippen LogP contribution in [0.2, 0.25) is 0 Å². The van der Waals surface area contributed by atoms with E-state index in [4.69, 9.17) is 23.2 Å². The molecule has 0 aliphatic heterocycles. The minimum absolute atomic E-state index is 0.0114. The van der Waals surface area contributed by atoms with Crippen LogP contribution in [0.4, 0.5) is 11.4 Å². The molecule has 5 N–H and O–H groups in total. The Bertz CT molecular complexity index is 1370. The molecule has 0 aliphatic carbocycles. The van der Waals surface area contributed by atoms with Crippen LogP contribution in [0.5, 0.6) is 11.5 Å². The molecule has 3 rings (SSSR count). The Hall–Kier alpha value is -3.95. The van der Waals surface area contributed by atoms with Gasteiger partial charge in [0.15, 0.2) is 0 Å². The summed E-state index contributed by atoms with van der Waals surface area (Å²) in [6.07, 6.45) is 4.55. The van der Waals surface area contributed by atoms with Gasteiger partial charge in [0.2, 0.25) is 17.7 Å². The molecule has 11 heteroatoms. The molecule has 0 saturated carbocycles. The third-order valence-electron chi connectivity index (χ3n) is 7.47. The second-order valence-corrected chi connectivity index (χ2v) is 11.8. The van der Waals surface area contributed by atoms with Gasteiger partial charge in [0.25, 0.3) is 0 Å². The van der Waals surface area contributed by atoms with Crippen molar-refractivity contribution in [1.82, 2.24) is 10.6 Å². The first kappa shape index (κ1) is 36.5. The number of hydrogen-bond acceptors (Lipinski definition) is 6.